The number of anilines is 1. The molecule has 0 unspecified atom stereocenters. The number of thioether (sulfide) groups is 2. The highest BCUT2D eigenvalue weighted by atomic mass is 32.2. The monoisotopic (exact) mass is 561 g/mol. The number of aliphatic carboxylic acids is 1. The fourth-order valence-corrected chi connectivity index (χ4v) is 6.87. The summed E-state index contributed by atoms with van der Waals surface area (Å²) in [5.74, 6) is -1.64. The second kappa shape index (κ2) is 10.0. The Balaban J connectivity index is 1.30. The Hall–Kier alpha value is -3.63. The van der Waals surface area contributed by atoms with E-state index in [2.05, 4.69) is 20.6 Å². The van der Waals surface area contributed by atoms with Crippen molar-refractivity contribution < 1.29 is 28.9 Å². The highest BCUT2D eigenvalue weighted by Crippen LogP contribution is 2.41. The number of hydrogen-bond acceptors (Lipinski definition) is 11. The lowest BCUT2D eigenvalue weighted by atomic mass is 10.0. The average molecular weight is 562 g/mol. The number of fused-ring (bicyclic) bond motifs is 2. The van der Waals surface area contributed by atoms with Crippen molar-refractivity contribution >= 4 is 69.1 Å². The van der Waals surface area contributed by atoms with Crippen LogP contribution in [0.1, 0.15) is 5.69 Å². The molecule has 2 aliphatic heterocycles. The van der Waals surface area contributed by atoms with Gasteiger partial charge in [-0.25, -0.2) is 14.3 Å². The molecule has 3 aromatic rings. The van der Waals surface area contributed by atoms with Gasteiger partial charge in [-0.05, 0) is 11.6 Å². The van der Waals surface area contributed by atoms with Crippen LogP contribution in [0, 0.1) is 0 Å². The topological polar surface area (TPSA) is 168 Å². The number of amides is 2. The first-order valence-electron chi connectivity index (χ1n) is 10.8. The Kier molecular flexibility index (Phi) is 6.78. The lowest BCUT2D eigenvalue weighted by molar-refractivity contribution is -0.644. The van der Waals surface area contributed by atoms with E-state index in [0.29, 0.717) is 17.1 Å². The van der Waals surface area contributed by atoms with Crippen LogP contribution in [0.4, 0.5) is 5.13 Å². The minimum atomic E-state index is -1.19. The first kappa shape index (κ1) is 25.0. The highest BCUT2D eigenvalue weighted by molar-refractivity contribution is 8.01. The fraction of sp³-hybridized carbons (Fsp3) is 0.286. The van der Waals surface area contributed by atoms with E-state index in [0.717, 1.165) is 22.0 Å². The number of oxime groups is 1. The van der Waals surface area contributed by atoms with E-state index in [9.17, 15) is 19.5 Å². The van der Waals surface area contributed by atoms with Crippen LogP contribution in [-0.4, -0.2) is 78.1 Å². The minimum absolute atomic E-state index is 0.0572. The smallest absolute Gasteiger partial charge is 0.352 e. The van der Waals surface area contributed by atoms with Crippen molar-refractivity contribution in [2.45, 2.75) is 16.4 Å². The Labute approximate surface area is 222 Å². The number of thiazole rings is 1. The van der Waals surface area contributed by atoms with E-state index < -0.39 is 29.2 Å². The van der Waals surface area contributed by atoms with Gasteiger partial charge in [0.15, 0.2) is 17.0 Å². The van der Waals surface area contributed by atoms with Crippen molar-refractivity contribution in [2.75, 3.05) is 24.3 Å². The quantitative estimate of drug-likeness (QED) is 0.113. The number of carboxylic acid groups (broad SMARTS) is 1. The van der Waals surface area contributed by atoms with Gasteiger partial charge in [-0.3, -0.25) is 14.5 Å². The van der Waals surface area contributed by atoms with Crippen LogP contribution in [0.5, 0.6) is 0 Å². The van der Waals surface area contributed by atoms with Crippen LogP contribution in [-0.2, 0) is 26.3 Å². The van der Waals surface area contributed by atoms with Gasteiger partial charge >= 0.3 is 11.6 Å². The van der Waals surface area contributed by atoms with Crippen molar-refractivity contribution in [2.24, 2.45) is 12.2 Å². The van der Waals surface area contributed by atoms with Gasteiger partial charge in [0.25, 0.3) is 11.8 Å². The van der Waals surface area contributed by atoms with Gasteiger partial charge in [-0.2, -0.15) is 0 Å². The Morgan fingerprint density at radius 3 is 2.95 bits per heavy atom. The summed E-state index contributed by atoms with van der Waals surface area (Å²) in [4.78, 5) is 48.1. The molecule has 0 bridgehead atoms. The third kappa shape index (κ3) is 4.62. The fourth-order valence-electron chi connectivity index (χ4n) is 3.98. The lowest BCUT2D eigenvalue weighted by Gasteiger charge is -2.49. The molecule has 4 N–H and O–H groups in total. The molecule has 0 aromatic carbocycles. The van der Waals surface area contributed by atoms with Crippen molar-refractivity contribution in [3.63, 3.8) is 0 Å². The molecule has 0 spiro atoms. The minimum Gasteiger partial charge on any atom is -0.477 e. The number of nitrogens with zero attached hydrogens (tertiary/aromatic N) is 6. The summed E-state index contributed by atoms with van der Waals surface area (Å²) in [5, 5.41) is 22.8. The highest BCUT2D eigenvalue weighted by Gasteiger charge is 2.54. The van der Waals surface area contributed by atoms with E-state index in [1.165, 1.54) is 35.5 Å². The number of carbonyl (C=O) groups is 3. The van der Waals surface area contributed by atoms with E-state index in [4.69, 9.17) is 10.6 Å². The summed E-state index contributed by atoms with van der Waals surface area (Å²) in [6, 6.07) is 2.88. The second-order valence-electron chi connectivity index (χ2n) is 7.98. The summed E-state index contributed by atoms with van der Waals surface area (Å²) < 4.78 is 3.68. The zero-order valence-electron chi connectivity index (χ0n) is 19.5. The summed E-state index contributed by atoms with van der Waals surface area (Å²) in [6.45, 7) is 0. The number of aromatic nitrogens is 4. The van der Waals surface area contributed by atoms with Crippen LogP contribution in [0.25, 0.3) is 5.65 Å². The van der Waals surface area contributed by atoms with Crippen molar-refractivity contribution in [3.05, 3.63) is 46.9 Å². The molecule has 0 saturated carbocycles. The zero-order chi connectivity index (χ0) is 26.3. The van der Waals surface area contributed by atoms with Crippen molar-refractivity contribution in [3.8, 4) is 0 Å². The first-order chi connectivity index (χ1) is 17.8. The van der Waals surface area contributed by atoms with E-state index in [1.54, 1.807) is 9.90 Å². The first-order valence-corrected chi connectivity index (χ1v) is 13.7. The van der Waals surface area contributed by atoms with Crippen molar-refractivity contribution in [1.82, 2.24) is 24.8 Å². The normalized spacial score (nSPS) is 19.6. The molecule has 37 heavy (non-hydrogen) atoms. The summed E-state index contributed by atoms with van der Waals surface area (Å²) in [6.07, 6.45) is 3.72. The van der Waals surface area contributed by atoms with Gasteiger partial charge in [-0.15, -0.1) is 27.6 Å². The Morgan fingerprint density at radius 1 is 1.43 bits per heavy atom. The van der Waals surface area contributed by atoms with Crippen molar-refractivity contribution in [1.29, 1.82) is 0 Å². The Morgan fingerprint density at radius 2 is 2.24 bits per heavy atom. The molecular weight excluding hydrogens is 540 g/mol. The number of imidazole rings is 1. The number of β-lactam (4-membered cyclic amide) rings is 1. The number of aryl methyl sites for hydroxylation is 1. The molecule has 2 amide bonds. The molecule has 5 rings (SSSR count). The number of nitrogens with two attached hydrogens (primary N) is 1. The van der Waals surface area contributed by atoms with Gasteiger partial charge in [-0.1, -0.05) is 22.0 Å². The summed E-state index contributed by atoms with van der Waals surface area (Å²) in [7, 11) is 3.20. The molecule has 3 aromatic heterocycles. The molecule has 0 aliphatic carbocycles. The number of nitrogens with one attached hydrogen (secondary N) is 1. The molecule has 2 aliphatic rings. The lowest BCUT2D eigenvalue weighted by Crippen LogP contribution is -2.71. The third-order valence-electron chi connectivity index (χ3n) is 5.70. The molecule has 192 valence electrons. The van der Waals surface area contributed by atoms with Crippen LogP contribution in [0.3, 0.4) is 0 Å². The van der Waals surface area contributed by atoms with Crippen LogP contribution >= 0.6 is 34.9 Å². The number of rotatable bonds is 8. The molecule has 13 nitrogen and oxygen atoms in total. The third-order valence-corrected chi connectivity index (χ3v) is 8.72. The number of hydrogen-bond donors (Lipinski definition) is 3. The second-order valence-corrected chi connectivity index (χ2v) is 11.0. The summed E-state index contributed by atoms with van der Waals surface area (Å²) >= 11 is 3.91. The maximum absolute atomic E-state index is 13.0. The number of carboxylic acids is 1. The Bertz CT molecular complexity index is 1480. The van der Waals surface area contributed by atoms with E-state index in [1.807, 2.05) is 36.1 Å². The predicted octanol–water partition coefficient (Wildman–Crippen LogP) is 0.0789. The zero-order valence-corrected chi connectivity index (χ0v) is 22.0. The number of carbonyl (C=O) groups excluding carboxylic acids is 2. The largest absolute Gasteiger partial charge is 0.477 e. The maximum Gasteiger partial charge on any atom is 0.352 e. The average Bonchev–Trinajstić information content (AvgIpc) is 3.48. The summed E-state index contributed by atoms with van der Waals surface area (Å²) in [5.41, 5.74) is 7.21. The van der Waals surface area contributed by atoms with Gasteiger partial charge in [0.2, 0.25) is 0 Å². The standard InChI is InChI=1S/C21H20N8O5S3/c1-27-5-6-28-13(27)4-3-12(25-28)35-7-10-8-36-19-15(18(31)29(19)16(10)20(32)33)24-17(30)14(26-34-2)11-9-37-21(22)23-11/h3-6,9,15,19H,7-8H2,1-2H3,(H3-,22,23,24,30,32,33)/p+1/b26-14-/t15-,19-/m1/s1. The van der Waals surface area contributed by atoms with Crippen LogP contribution in [0.2, 0.25) is 0 Å². The van der Waals surface area contributed by atoms with Crippen LogP contribution < -0.4 is 15.6 Å². The van der Waals surface area contributed by atoms with Gasteiger partial charge in [0.1, 0.15) is 41.1 Å². The van der Waals surface area contributed by atoms with Gasteiger partial charge in [0.05, 0.1) is 7.05 Å². The van der Waals surface area contributed by atoms with E-state index >= 15 is 0 Å². The molecule has 5 heterocycles. The maximum atomic E-state index is 13.0. The number of nitrogen functional groups attached to an aromatic ring is 1. The molecule has 1 fully saturated rings. The molecule has 1 saturated heterocycles. The predicted molar refractivity (Wildman–Crippen MR) is 137 cm³/mol. The SMILES string of the molecule is CO/N=C(\C(=O)N[C@@H]1C(=O)N2C(C(=O)O)=C(CSc3ccc4n(cc[n+]4C)n3)CS[C@H]12)c1csc(N)n1. The molecule has 2 atom stereocenters. The molecule has 0 radical (unpaired) electrons. The van der Waals surface area contributed by atoms with E-state index in [-0.39, 0.29) is 22.2 Å². The van der Waals surface area contributed by atoms with Crippen LogP contribution in [0.15, 0.2) is 51.4 Å². The molecular formula is C21H21N8O5S3+. The molecule has 16 heteroatoms. The van der Waals surface area contributed by atoms with Gasteiger partial charge in [0, 0.05) is 23.0 Å². The van der Waals surface area contributed by atoms with Gasteiger partial charge < -0.3 is 21.0 Å².